The highest BCUT2D eigenvalue weighted by Gasteiger charge is 2.31. The molecular weight excluding hydrogens is 1430 g/mol. The third-order valence-electron chi connectivity index (χ3n) is 21.6. The fraction of sp³-hybridized carbons (Fsp3) is 0.956. The molecule has 0 aromatic heterocycles. The van der Waals surface area contributed by atoms with Gasteiger partial charge in [-0.15, -0.1) is 0 Å². The van der Waals surface area contributed by atoms with E-state index in [4.69, 9.17) is 37.0 Å². The smallest absolute Gasteiger partial charge is 0.462 e. The zero-order chi connectivity index (χ0) is 80.3. The molecule has 17 nitrogen and oxygen atoms in total. The van der Waals surface area contributed by atoms with E-state index in [0.717, 1.165) is 89.9 Å². The Bertz CT molecular complexity index is 2070. The van der Waals surface area contributed by atoms with Crippen molar-refractivity contribution in [3.63, 3.8) is 0 Å². The van der Waals surface area contributed by atoms with Crippen molar-refractivity contribution in [1.29, 1.82) is 0 Å². The number of aliphatic hydroxyl groups excluding tert-OH is 1. The summed E-state index contributed by atoms with van der Waals surface area (Å²) in [7, 11) is -9.93. The van der Waals surface area contributed by atoms with Gasteiger partial charge in [-0.05, 0) is 25.7 Å². The van der Waals surface area contributed by atoms with E-state index in [1.807, 2.05) is 0 Å². The first-order chi connectivity index (χ1) is 53.7. The summed E-state index contributed by atoms with van der Waals surface area (Å²) in [6.45, 7) is 5.05. The van der Waals surface area contributed by atoms with Gasteiger partial charge in [-0.25, -0.2) is 9.13 Å². The molecule has 3 N–H and O–H groups in total. The van der Waals surface area contributed by atoms with Gasteiger partial charge in [0.15, 0.2) is 12.2 Å². The van der Waals surface area contributed by atoms with E-state index in [-0.39, 0.29) is 25.7 Å². The van der Waals surface area contributed by atoms with Gasteiger partial charge in [0.2, 0.25) is 0 Å². The van der Waals surface area contributed by atoms with Gasteiger partial charge in [0.25, 0.3) is 0 Å². The van der Waals surface area contributed by atoms with Crippen molar-refractivity contribution < 1.29 is 80.2 Å². The Morgan fingerprint density at radius 3 is 0.536 bits per heavy atom. The van der Waals surface area contributed by atoms with Gasteiger partial charge in [-0.2, -0.15) is 0 Å². The lowest BCUT2D eigenvalue weighted by atomic mass is 10.0. The molecule has 0 aliphatic carbocycles. The lowest BCUT2D eigenvalue weighted by Gasteiger charge is -2.21. The van der Waals surface area contributed by atoms with Crippen LogP contribution in [0.5, 0.6) is 0 Å². The summed E-state index contributed by atoms with van der Waals surface area (Å²) >= 11 is 0. The molecule has 0 spiro atoms. The highest BCUT2D eigenvalue weighted by Crippen LogP contribution is 2.45. The summed E-state index contributed by atoms with van der Waals surface area (Å²) < 4.78 is 69.0. The van der Waals surface area contributed by atoms with Gasteiger partial charge in [0.05, 0.1) is 26.4 Å². The van der Waals surface area contributed by atoms with Gasteiger partial charge in [-0.1, -0.05) is 451 Å². The summed E-state index contributed by atoms with van der Waals surface area (Å²) in [5.41, 5.74) is 0. The number of carbonyl (C=O) groups is 4. The molecule has 2 unspecified atom stereocenters. The quantitative estimate of drug-likeness (QED) is 0.0222. The molecule has 0 aromatic rings. The predicted molar refractivity (Wildman–Crippen MR) is 455 cm³/mol. The third-order valence-corrected chi connectivity index (χ3v) is 23.5. The zero-order valence-corrected chi connectivity index (χ0v) is 74.0. The molecule has 0 heterocycles. The molecule has 110 heavy (non-hydrogen) atoms. The van der Waals surface area contributed by atoms with Crippen molar-refractivity contribution in [2.24, 2.45) is 0 Å². The Hall–Kier alpha value is -1.94. The molecule has 0 aromatic carbocycles. The Kier molecular flexibility index (Phi) is 83.5. The second-order valence-electron chi connectivity index (χ2n) is 32.7. The van der Waals surface area contributed by atoms with E-state index >= 15 is 0 Å². The molecule has 0 bridgehead atoms. The van der Waals surface area contributed by atoms with Gasteiger partial charge < -0.3 is 33.8 Å². The number of esters is 4. The maximum atomic E-state index is 13.2. The first-order valence-corrected chi connectivity index (χ1v) is 50.3. The summed E-state index contributed by atoms with van der Waals surface area (Å²) in [6, 6.07) is 0. The number of unbranched alkanes of at least 4 members (excludes halogenated alkanes) is 66. The van der Waals surface area contributed by atoms with Crippen LogP contribution in [0.2, 0.25) is 0 Å². The maximum Gasteiger partial charge on any atom is 0.472 e. The summed E-state index contributed by atoms with van der Waals surface area (Å²) in [5.74, 6) is -2.10. The molecule has 654 valence electrons. The van der Waals surface area contributed by atoms with Crippen LogP contribution in [0.4, 0.5) is 0 Å². The van der Waals surface area contributed by atoms with Crippen molar-refractivity contribution in [3.8, 4) is 0 Å². The first kappa shape index (κ1) is 108. The van der Waals surface area contributed by atoms with E-state index in [9.17, 15) is 43.2 Å². The Morgan fingerprint density at radius 1 is 0.218 bits per heavy atom. The average Bonchev–Trinajstić information content (AvgIpc) is 0.898. The van der Waals surface area contributed by atoms with Crippen molar-refractivity contribution in [2.45, 2.75) is 521 Å². The van der Waals surface area contributed by atoms with Crippen molar-refractivity contribution in [3.05, 3.63) is 0 Å². The molecule has 5 atom stereocenters. The highest BCUT2D eigenvalue weighted by atomic mass is 31.2. The fourth-order valence-corrected chi connectivity index (χ4v) is 16.0. The second-order valence-corrected chi connectivity index (χ2v) is 35.6. The third kappa shape index (κ3) is 84.0. The van der Waals surface area contributed by atoms with Gasteiger partial charge in [-0.3, -0.25) is 37.3 Å². The number of phosphoric ester groups is 2. The number of hydrogen-bond donors (Lipinski definition) is 3. The van der Waals surface area contributed by atoms with Crippen molar-refractivity contribution >= 4 is 39.5 Å². The molecule has 0 radical (unpaired) electrons. The predicted octanol–water partition coefficient (Wildman–Crippen LogP) is 28.5. The normalized spacial score (nSPS) is 13.6. The topological polar surface area (TPSA) is 237 Å². The van der Waals surface area contributed by atoms with Gasteiger partial charge >= 0.3 is 39.5 Å². The molecule has 0 rings (SSSR count). The lowest BCUT2D eigenvalue weighted by Crippen LogP contribution is -2.30. The monoisotopic (exact) mass is 1610 g/mol. The number of aliphatic hydroxyl groups is 1. The van der Waals surface area contributed by atoms with Crippen LogP contribution < -0.4 is 0 Å². The lowest BCUT2D eigenvalue weighted by molar-refractivity contribution is -0.161. The van der Waals surface area contributed by atoms with Crippen LogP contribution in [0.25, 0.3) is 0 Å². The molecule has 0 amide bonds. The van der Waals surface area contributed by atoms with E-state index < -0.39 is 97.5 Å². The standard InChI is InChI=1S/C91H178O17P2/c1-5-9-13-17-21-25-28-31-34-37-40-43-46-48-51-54-57-60-64-68-72-76-89(94)102-82-87(108-91(96)78-74-70-66-62-59-56-53-50-47-44-41-38-35-32-29-26-22-18-14-10-6-2)84-106-110(99,100)104-80-85(92)79-103-109(97,98)105-83-86(81-101-88(93)75-71-67-63-24-20-16-12-8-4)107-90(95)77-73-69-65-61-58-55-52-49-45-42-39-36-33-30-27-23-19-15-11-7-3/h85-87,92H,5-84H2,1-4H3,(H,97,98)(H,99,100)/t85-,86+,87+/m0/s1. The zero-order valence-electron chi connectivity index (χ0n) is 72.3. The van der Waals surface area contributed by atoms with Crippen LogP contribution in [0.15, 0.2) is 0 Å². The minimum absolute atomic E-state index is 0.109. The van der Waals surface area contributed by atoms with Crippen LogP contribution >= 0.6 is 15.6 Å². The number of phosphoric acid groups is 2. The molecule has 0 saturated carbocycles. The van der Waals surface area contributed by atoms with Crippen LogP contribution in [0.3, 0.4) is 0 Å². The largest absolute Gasteiger partial charge is 0.472 e. The second kappa shape index (κ2) is 85.0. The Labute approximate surface area is 677 Å². The number of hydrogen-bond acceptors (Lipinski definition) is 15. The average molecular weight is 1610 g/mol. The van der Waals surface area contributed by atoms with Crippen LogP contribution in [-0.4, -0.2) is 96.7 Å². The van der Waals surface area contributed by atoms with Gasteiger partial charge in [0, 0.05) is 25.7 Å². The van der Waals surface area contributed by atoms with Crippen LogP contribution in [-0.2, 0) is 65.4 Å². The van der Waals surface area contributed by atoms with E-state index in [1.54, 1.807) is 0 Å². The number of ether oxygens (including phenoxy) is 4. The van der Waals surface area contributed by atoms with E-state index in [2.05, 4.69) is 27.7 Å². The highest BCUT2D eigenvalue weighted by molar-refractivity contribution is 7.47. The first-order valence-electron chi connectivity index (χ1n) is 47.3. The van der Waals surface area contributed by atoms with E-state index in [0.29, 0.717) is 25.7 Å². The molecule has 0 fully saturated rings. The summed E-state index contributed by atoms with van der Waals surface area (Å²) in [4.78, 5) is 73.3. The number of carbonyl (C=O) groups excluding carboxylic acids is 4. The van der Waals surface area contributed by atoms with Gasteiger partial charge in [0.1, 0.15) is 19.3 Å². The Balaban J connectivity index is 5.16. The van der Waals surface area contributed by atoms with Crippen LogP contribution in [0, 0.1) is 0 Å². The fourth-order valence-electron chi connectivity index (χ4n) is 14.4. The summed E-state index contributed by atoms with van der Waals surface area (Å²) in [5, 5.41) is 10.7. The minimum Gasteiger partial charge on any atom is -0.462 e. The summed E-state index contributed by atoms with van der Waals surface area (Å²) in [6.07, 6.45) is 82.3. The van der Waals surface area contributed by atoms with Crippen LogP contribution in [0.1, 0.15) is 503 Å². The minimum atomic E-state index is -4.97. The SMILES string of the molecule is CCCCCCCCCCCCCCCCCCCCCCCC(=O)OC[C@H](COP(=O)(O)OC[C@@H](O)COP(=O)(O)OC[C@@H](COC(=O)CCCCCCCCCC)OC(=O)CCCCCCCCCCCCCCCCCCCCCC)OC(=O)CCCCCCCCCCCCCCCCCCCCCCC. The molecule has 0 aliphatic rings. The number of rotatable bonds is 92. The van der Waals surface area contributed by atoms with Crippen molar-refractivity contribution in [2.75, 3.05) is 39.6 Å². The van der Waals surface area contributed by atoms with Crippen molar-refractivity contribution in [1.82, 2.24) is 0 Å². The molecule has 19 heteroatoms. The maximum absolute atomic E-state index is 13.2. The molecule has 0 saturated heterocycles. The van der Waals surface area contributed by atoms with E-state index in [1.165, 1.54) is 334 Å². The Morgan fingerprint density at radius 2 is 0.364 bits per heavy atom. The molecular formula is C91H178O17P2. The molecule has 0 aliphatic heterocycles.